The minimum absolute atomic E-state index is 0.164. The van der Waals surface area contributed by atoms with Gasteiger partial charge in [0.05, 0.1) is 35.5 Å². The zero-order valence-electron chi connectivity index (χ0n) is 27.6. The van der Waals surface area contributed by atoms with Crippen LogP contribution in [0.2, 0.25) is 0 Å². The fourth-order valence-corrected chi connectivity index (χ4v) is 4.29. The van der Waals surface area contributed by atoms with Crippen molar-refractivity contribution in [1.29, 1.82) is 0 Å². The van der Waals surface area contributed by atoms with Gasteiger partial charge in [-0.3, -0.25) is 0 Å². The van der Waals surface area contributed by atoms with E-state index in [1.165, 1.54) is 5.56 Å². The lowest BCUT2D eigenvalue weighted by Gasteiger charge is -2.10. The molecule has 0 saturated carbocycles. The molecule has 0 atom stereocenters. The summed E-state index contributed by atoms with van der Waals surface area (Å²) in [5.74, 6) is 1.77. The molecule has 0 aliphatic carbocycles. The number of benzene rings is 4. The summed E-state index contributed by atoms with van der Waals surface area (Å²) in [5, 5.41) is 26.4. The number of aromatic nitrogens is 3. The summed E-state index contributed by atoms with van der Waals surface area (Å²) in [6.07, 6.45) is 0.964. The lowest BCUT2D eigenvalue weighted by molar-refractivity contribution is 0.417. The molecule has 0 fully saturated rings. The SMILES string of the molecule is CCCNc1nc(N)nc(Nc2ccc(N=Nc3cccc(C)c3)cc2C)n1.CNc1ccc(N=Nc2cccc(C)c2)cc1OC. The van der Waals surface area contributed by atoms with Gasteiger partial charge in [-0.05, 0) is 98.5 Å². The Morgan fingerprint density at radius 2 is 1.23 bits per heavy atom. The van der Waals surface area contributed by atoms with Gasteiger partial charge in [0.15, 0.2) is 0 Å². The van der Waals surface area contributed by atoms with Crippen LogP contribution in [0.3, 0.4) is 0 Å². The smallest absolute Gasteiger partial charge is 0.233 e. The Kier molecular flexibility index (Phi) is 12.3. The maximum atomic E-state index is 5.78. The number of nitrogens with one attached hydrogen (secondary N) is 3. The Morgan fingerprint density at radius 3 is 1.77 bits per heavy atom. The molecule has 242 valence electrons. The highest BCUT2D eigenvalue weighted by molar-refractivity contribution is 5.63. The molecule has 0 bridgehead atoms. The van der Waals surface area contributed by atoms with Crippen molar-refractivity contribution < 1.29 is 4.74 Å². The number of hydrogen-bond donors (Lipinski definition) is 4. The van der Waals surface area contributed by atoms with E-state index in [0.29, 0.717) is 11.9 Å². The fraction of sp³-hybridized carbons (Fsp3) is 0.229. The molecule has 0 aliphatic rings. The van der Waals surface area contributed by atoms with Gasteiger partial charge in [-0.15, -0.1) is 0 Å². The van der Waals surface area contributed by atoms with Gasteiger partial charge in [-0.1, -0.05) is 31.2 Å². The van der Waals surface area contributed by atoms with Crippen LogP contribution in [0.25, 0.3) is 0 Å². The third kappa shape index (κ3) is 10.6. The number of nitrogen functional groups attached to an aromatic ring is 1. The number of hydrogen-bond acceptors (Lipinski definition) is 12. The summed E-state index contributed by atoms with van der Waals surface area (Å²) < 4.78 is 5.28. The number of nitrogens with two attached hydrogens (primary N) is 1. The van der Waals surface area contributed by atoms with Crippen molar-refractivity contribution in [1.82, 2.24) is 15.0 Å². The van der Waals surface area contributed by atoms with E-state index in [4.69, 9.17) is 10.5 Å². The highest BCUT2D eigenvalue weighted by atomic mass is 16.5. The Hall–Kier alpha value is -5.91. The van der Waals surface area contributed by atoms with Crippen LogP contribution in [-0.2, 0) is 0 Å². The van der Waals surface area contributed by atoms with Gasteiger partial charge in [-0.25, -0.2) is 0 Å². The molecular formula is C35H41N11O. The Labute approximate surface area is 275 Å². The zero-order chi connectivity index (χ0) is 33.6. The molecule has 1 heterocycles. The van der Waals surface area contributed by atoms with E-state index >= 15 is 0 Å². The molecule has 12 nitrogen and oxygen atoms in total. The normalized spacial score (nSPS) is 10.9. The average molecular weight is 632 g/mol. The number of nitrogens with zero attached hydrogens (tertiary/aromatic N) is 7. The summed E-state index contributed by atoms with van der Waals surface area (Å²) in [4.78, 5) is 12.6. The molecule has 0 aliphatic heterocycles. The van der Waals surface area contributed by atoms with E-state index in [1.807, 2.05) is 113 Å². The average Bonchev–Trinajstić information content (AvgIpc) is 3.06. The van der Waals surface area contributed by atoms with Crippen molar-refractivity contribution in [3.63, 3.8) is 0 Å². The van der Waals surface area contributed by atoms with Gasteiger partial charge >= 0.3 is 0 Å². The largest absolute Gasteiger partial charge is 0.495 e. The predicted molar refractivity (Wildman–Crippen MR) is 191 cm³/mol. The van der Waals surface area contributed by atoms with E-state index in [9.17, 15) is 0 Å². The van der Waals surface area contributed by atoms with E-state index in [1.54, 1.807) is 7.11 Å². The highest BCUT2D eigenvalue weighted by Crippen LogP contribution is 2.30. The predicted octanol–water partition coefficient (Wildman–Crippen LogP) is 9.51. The number of ether oxygens (including phenoxy) is 1. The first kappa shape index (κ1) is 34.0. The molecular weight excluding hydrogens is 590 g/mol. The maximum Gasteiger partial charge on any atom is 0.233 e. The van der Waals surface area contributed by atoms with E-state index < -0.39 is 0 Å². The van der Waals surface area contributed by atoms with Crippen molar-refractivity contribution >= 4 is 52.0 Å². The quantitative estimate of drug-likeness (QED) is 0.105. The van der Waals surface area contributed by atoms with Gasteiger partial charge in [0.25, 0.3) is 0 Å². The van der Waals surface area contributed by atoms with Crippen LogP contribution >= 0.6 is 0 Å². The van der Waals surface area contributed by atoms with Crippen LogP contribution in [0.4, 0.5) is 52.0 Å². The Bertz CT molecular complexity index is 1840. The summed E-state index contributed by atoms with van der Waals surface area (Å²) in [6, 6.07) is 27.2. The van der Waals surface area contributed by atoms with Crippen LogP contribution < -0.4 is 26.4 Å². The Morgan fingerprint density at radius 1 is 0.681 bits per heavy atom. The van der Waals surface area contributed by atoms with Crippen molar-refractivity contribution in [3.05, 3.63) is 102 Å². The van der Waals surface area contributed by atoms with Crippen LogP contribution in [-0.4, -0.2) is 35.7 Å². The lowest BCUT2D eigenvalue weighted by atomic mass is 10.2. The van der Waals surface area contributed by atoms with Gasteiger partial charge in [0.2, 0.25) is 17.8 Å². The zero-order valence-corrected chi connectivity index (χ0v) is 27.6. The van der Waals surface area contributed by atoms with Crippen LogP contribution in [0, 0.1) is 20.8 Å². The van der Waals surface area contributed by atoms with Crippen molar-refractivity contribution in [3.8, 4) is 5.75 Å². The molecule has 5 N–H and O–H groups in total. The highest BCUT2D eigenvalue weighted by Gasteiger charge is 2.07. The number of aryl methyl sites for hydroxylation is 3. The summed E-state index contributed by atoms with van der Waals surface area (Å²) >= 11 is 0. The van der Waals surface area contributed by atoms with E-state index in [2.05, 4.69) is 58.3 Å². The minimum Gasteiger partial charge on any atom is -0.495 e. The van der Waals surface area contributed by atoms with Gasteiger partial charge < -0.3 is 26.4 Å². The number of azo groups is 2. The maximum absolute atomic E-state index is 5.78. The first-order valence-electron chi connectivity index (χ1n) is 15.2. The van der Waals surface area contributed by atoms with E-state index in [0.717, 1.165) is 64.0 Å². The summed E-state index contributed by atoms with van der Waals surface area (Å²) in [7, 11) is 3.49. The topological polar surface area (TPSA) is 159 Å². The first-order valence-corrected chi connectivity index (χ1v) is 15.2. The lowest BCUT2D eigenvalue weighted by Crippen LogP contribution is -2.10. The van der Waals surface area contributed by atoms with Gasteiger partial charge in [0, 0.05) is 25.3 Å². The minimum atomic E-state index is 0.164. The van der Waals surface area contributed by atoms with Gasteiger partial charge in [0.1, 0.15) is 5.75 Å². The second kappa shape index (κ2) is 17.0. The summed E-state index contributed by atoms with van der Waals surface area (Å²) in [6.45, 7) is 8.87. The molecule has 5 rings (SSSR count). The number of methoxy groups -OCH3 is 1. The third-order valence-corrected chi connectivity index (χ3v) is 6.66. The molecule has 12 heteroatoms. The van der Waals surface area contributed by atoms with Crippen LogP contribution in [0.15, 0.2) is 105 Å². The van der Waals surface area contributed by atoms with Crippen molar-refractivity contribution in [2.45, 2.75) is 34.1 Å². The second-order valence-electron chi connectivity index (χ2n) is 10.6. The number of rotatable bonds is 11. The second-order valence-corrected chi connectivity index (χ2v) is 10.6. The molecule has 0 radical (unpaired) electrons. The van der Waals surface area contributed by atoms with Crippen molar-refractivity contribution in [2.24, 2.45) is 20.5 Å². The molecule has 0 amide bonds. The third-order valence-electron chi connectivity index (χ3n) is 6.66. The van der Waals surface area contributed by atoms with Gasteiger partial charge in [-0.2, -0.15) is 35.4 Å². The monoisotopic (exact) mass is 631 g/mol. The van der Waals surface area contributed by atoms with Crippen LogP contribution in [0.1, 0.15) is 30.0 Å². The number of anilines is 5. The first-order chi connectivity index (χ1) is 22.8. The molecule has 0 unspecified atom stereocenters. The van der Waals surface area contributed by atoms with E-state index in [-0.39, 0.29) is 5.95 Å². The molecule has 47 heavy (non-hydrogen) atoms. The summed E-state index contributed by atoms with van der Waals surface area (Å²) in [5.41, 5.74) is 14.1. The molecule has 5 aromatic rings. The molecule has 0 saturated heterocycles. The molecule has 1 aromatic heterocycles. The standard InChI is InChI=1S/C20H24N8.C15H17N3O/c1-4-10-22-19-24-18(21)25-20(26-19)23-17-9-8-16(12-14(17)3)28-27-15-7-5-6-13(2)11-15;1-11-5-4-6-12(9-11)17-18-13-7-8-14(16-2)15(10-13)19-3/h5-9,11-12H,4,10H2,1-3H3,(H4,21,22,23,24,25,26);4-10,16H,1-3H3. The molecule has 0 spiro atoms. The van der Waals surface area contributed by atoms with Crippen LogP contribution in [0.5, 0.6) is 5.75 Å². The fourth-order valence-electron chi connectivity index (χ4n) is 4.29. The van der Waals surface area contributed by atoms with Crippen molar-refractivity contribution in [2.75, 3.05) is 42.4 Å². The Balaban J connectivity index is 0.000000229. The molecule has 4 aromatic carbocycles.